The van der Waals surface area contributed by atoms with E-state index in [-0.39, 0.29) is 18.4 Å². The maximum Gasteiger partial charge on any atom is 0.253 e. The lowest BCUT2D eigenvalue weighted by Gasteiger charge is -2.49. The van der Waals surface area contributed by atoms with Crippen LogP contribution >= 0.6 is 0 Å². The summed E-state index contributed by atoms with van der Waals surface area (Å²) in [5, 5.41) is 11.8. The number of piperidine rings is 2. The number of hydrogen-bond acceptors (Lipinski definition) is 5. The third-order valence-corrected chi connectivity index (χ3v) is 6.96. The van der Waals surface area contributed by atoms with Gasteiger partial charge in [0.2, 0.25) is 10.0 Å². The molecule has 2 aliphatic rings. The van der Waals surface area contributed by atoms with Crippen LogP contribution < -0.4 is 0 Å². The fourth-order valence-corrected chi connectivity index (χ4v) is 4.91. The highest BCUT2D eigenvalue weighted by Crippen LogP contribution is 2.36. The van der Waals surface area contributed by atoms with E-state index in [9.17, 15) is 18.3 Å². The molecular weight excluding hydrogens is 356 g/mol. The Morgan fingerprint density at radius 2 is 2.00 bits per heavy atom. The molecule has 140 valence electrons. The standard InChI is InChI=1S/C18H22N2O5S/c1-26(23,24)20-8-6-18(22)5-7-19(11-15(18)12-20)17(21)14-2-3-16-13(10-14)4-9-25-16/h2-4,9-10,15,22H,5-8,11-12H2,1H3. The molecule has 2 saturated heterocycles. The molecule has 4 rings (SSSR count). The summed E-state index contributed by atoms with van der Waals surface area (Å²) < 4.78 is 30.4. The third kappa shape index (κ3) is 3.02. The van der Waals surface area contributed by atoms with Gasteiger partial charge in [0.1, 0.15) is 5.58 Å². The van der Waals surface area contributed by atoms with Crippen molar-refractivity contribution >= 4 is 26.9 Å². The molecule has 26 heavy (non-hydrogen) atoms. The highest BCUT2D eigenvalue weighted by molar-refractivity contribution is 7.88. The number of rotatable bonds is 2. The van der Waals surface area contributed by atoms with Crippen molar-refractivity contribution in [1.82, 2.24) is 9.21 Å². The van der Waals surface area contributed by atoms with E-state index in [1.807, 2.05) is 6.07 Å². The van der Waals surface area contributed by atoms with Gasteiger partial charge in [-0.3, -0.25) is 4.79 Å². The first-order valence-electron chi connectivity index (χ1n) is 8.70. The Kier molecular flexibility index (Phi) is 4.09. The minimum absolute atomic E-state index is 0.105. The van der Waals surface area contributed by atoms with E-state index in [1.54, 1.807) is 29.4 Å². The van der Waals surface area contributed by atoms with Crippen LogP contribution in [-0.2, 0) is 10.0 Å². The molecule has 0 radical (unpaired) electrons. The molecule has 1 amide bonds. The molecule has 0 bridgehead atoms. The number of sulfonamides is 1. The van der Waals surface area contributed by atoms with E-state index >= 15 is 0 Å². The summed E-state index contributed by atoms with van der Waals surface area (Å²) >= 11 is 0. The van der Waals surface area contributed by atoms with Crippen LogP contribution in [0.15, 0.2) is 34.9 Å². The Bertz CT molecular complexity index is 953. The number of hydrogen-bond donors (Lipinski definition) is 1. The first kappa shape index (κ1) is 17.5. The van der Waals surface area contributed by atoms with Crippen LogP contribution in [0.2, 0.25) is 0 Å². The van der Waals surface area contributed by atoms with Crippen LogP contribution in [0.4, 0.5) is 0 Å². The molecule has 7 nitrogen and oxygen atoms in total. The Morgan fingerprint density at radius 3 is 2.77 bits per heavy atom. The summed E-state index contributed by atoms with van der Waals surface area (Å²) in [5.74, 6) is -0.382. The number of carbonyl (C=O) groups excluding carboxylic acids is 1. The summed E-state index contributed by atoms with van der Waals surface area (Å²) in [4.78, 5) is 14.6. The predicted molar refractivity (Wildman–Crippen MR) is 96.2 cm³/mol. The molecule has 3 heterocycles. The van der Waals surface area contributed by atoms with Crippen molar-refractivity contribution in [1.29, 1.82) is 0 Å². The van der Waals surface area contributed by atoms with Gasteiger partial charge in [-0.05, 0) is 37.1 Å². The summed E-state index contributed by atoms with van der Waals surface area (Å²) in [6.07, 6.45) is 3.65. The van der Waals surface area contributed by atoms with Crippen LogP contribution in [0.5, 0.6) is 0 Å². The molecule has 0 saturated carbocycles. The molecule has 1 aromatic heterocycles. The number of nitrogens with zero attached hydrogens (tertiary/aromatic N) is 2. The molecule has 0 aliphatic carbocycles. The van der Waals surface area contributed by atoms with Crippen molar-refractivity contribution in [3.63, 3.8) is 0 Å². The maximum atomic E-state index is 12.9. The van der Waals surface area contributed by atoms with Gasteiger partial charge in [0.15, 0.2) is 0 Å². The van der Waals surface area contributed by atoms with Gasteiger partial charge in [0, 0.05) is 43.0 Å². The van der Waals surface area contributed by atoms with E-state index < -0.39 is 15.6 Å². The van der Waals surface area contributed by atoms with Crippen molar-refractivity contribution < 1.29 is 22.7 Å². The van der Waals surface area contributed by atoms with E-state index in [0.29, 0.717) is 38.0 Å². The van der Waals surface area contributed by atoms with Gasteiger partial charge >= 0.3 is 0 Å². The monoisotopic (exact) mass is 378 g/mol. The van der Waals surface area contributed by atoms with Crippen LogP contribution in [0, 0.1) is 5.92 Å². The lowest BCUT2D eigenvalue weighted by molar-refractivity contribution is -0.0946. The van der Waals surface area contributed by atoms with Crippen molar-refractivity contribution in [2.75, 3.05) is 32.4 Å². The maximum absolute atomic E-state index is 12.9. The molecule has 0 spiro atoms. The van der Waals surface area contributed by atoms with E-state index in [1.165, 1.54) is 10.6 Å². The number of benzene rings is 1. The molecule has 8 heteroatoms. The number of amides is 1. The van der Waals surface area contributed by atoms with Crippen molar-refractivity contribution in [3.8, 4) is 0 Å². The Labute approximate surface area is 152 Å². The minimum atomic E-state index is -3.30. The molecular formula is C18H22N2O5S. The second-order valence-electron chi connectivity index (χ2n) is 7.35. The third-order valence-electron chi connectivity index (χ3n) is 5.69. The van der Waals surface area contributed by atoms with Crippen LogP contribution in [0.1, 0.15) is 23.2 Å². The lowest BCUT2D eigenvalue weighted by atomic mass is 9.76. The van der Waals surface area contributed by atoms with Crippen LogP contribution in [0.25, 0.3) is 11.0 Å². The number of carbonyl (C=O) groups is 1. The highest BCUT2D eigenvalue weighted by Gasteiger charge is 2.47. The zero-order chi connectivity index (χ0) is 18.5. The first-order valence-corrected chi connectivity index (χ1v) is 10.6. The van der Waals surface area contributed by atoms with Crippen molar-refractivity contribution in [2.24, 2.45) is 5.92 Å². The molecule has 2 unspecified atom stereocenters. The predicted octanol–water partition coefficient (Wildman–Crippen LogP) is 1.29. The fourth-order valence-electron chi connectivity index (χ4n) is 4.04. The van der Waals surface area contributed by atoms with E-state index in [4.69, 9.17) is 4.42 Å². The summed E-state index contributed by atoms with van der Waals surface area (Å²) in [6.45, 7) is 1.40. The smallest absolute Gasteiger partial charge is 0.253 e. The lowest BCUT2D eigenvalue weighted by Crippen LogP contribution is -2.61. The second kappa shape index (κ2) is 6.07. The fraction of sp³-hybridized carbons (Fsp3) is 0.500. The first-order chi connectivity index (χ1) is 12.3. The zero-order valence-corrected chi connectivity index (χ0v) is 15.4. The molecule has 2 fully saturated rings. The SMILES string of the molecule is CS(=O)(=O)N1CCC2(O)CCN(C(=O)c3ccc4occc4c3)CC2C1. The van der Waals surface area contributed by atoms with Crippen molar-refractivity contribution in [2.45, 2.75) is 18.4 Å². The topological polar surface area (TPSA) is 91.1 Å². The normalized spacial score (nSPS) is 27.5. The Hall–Kier alpha value is -1.90. The molecule has 1 aromatic carbocycles. The summed E-state index contributed by atoms with van der Waals surface area (Å²) in [7, 11) is -3.30. The number of likely N-dealkylation sites (tertiary alicyclic amines) is 1. The van der Waals surface area contributed by atoms with Gasteiger partial charge in [0.25, 0.3) is 5.91 Å². The highest BCUT2D eigenvalue weighted by atomic mass is 32.2. The molecule has 1 N–H and O–H groups in total. The molecule has 2 aliphatic heterocycles. The average Bonchev–Trinajstić information content (AvgIpc) is 3.06. The van der Waals surface area contributed by atoms with Gasteiger partial charge in [0.05, 0.1) is 18.1 Å². The summed E-state index contributed by atoms with van der Waals surface area (Å²) in [5.41, 5.74) is 0.401. The van der Waals surface area contributed by atoms with Crippen LogP contribution in [0.3, 0.4) is 0 Å². The summed E-state index contributed by atoms with van der Waals surface area (Å²) in [6, 6.07) is 7.12. The van der Waals surface area contributed by atoms with E-state index in [2.05, 4.69) is 0 Å². The van der Waals surface area contributed by atoms with Crippen molar-refractivity contribution in [3.05, 3.63) is 36.1 Å². The zero-order valence-electron chi connectivity index (χ0n) is 14.6. The number of aliphatic hydroxyl groups is 1. The number of fused-ring (bicyclic) bond motifs is 2. The number of furan rings is 1. The van der Waals surface area contributed by atoms with Gasteiger partial charge < -0.3 is 14.4 Å². The quantitative estimate of drug-likeness (QED) is 0.850. The Balaban J connectivity index is 1.54. The molecule has 2 aromatic rings. The average molecular weight is 378 g/mol. The van der Waals surface area contributed by atoms with Gasteiger partial charge in [-0.15, -0.1) is 0 Å². The van der Waals surface area contributed by atoms with Gasteiger partial charge in [-0.1, -0.05) is 0 Å². The second-order valence-corrected chi connectivity index (χ2v) is 9.33. The van der Waals surface area contributed by atoms with Crippen LogP contribution in [-0.4, -0.2) is 66.7 Å². The largest absolute Gasteiger partial charge is 0.464 e. The van der Waals surface area contributed by atoms with Gasteiger partial charge in [-0.2, -0.15) is 0 Å². The van der Waals surface area contributed by atoms with Gasteiger partial charge in [-0.25, -0.2) is 12.7 Å². The van der Waals surface area contributed by atoms with E-state index in [0.717, 1.165) is 11.0 Å². The Morgan fingerprint density at radius 1 is 1.23 bits per heavy atom. The minimum Gasteiger partial charge on any atom is -0.464 e. The molecule has 2 atom stereocenters.